The van der Waals surface area contributed by atoms with Gasteiger partial charge in [-0.3, -0.25) is 9.79 Å². The first-order chi connectivity index (χ1) is 13.2. The van der Waals surface area contributed by atoms with E-state index in [1.807, 2.05) is 36.0 Å². The zero-order chi connectivity index (χ0) is 19.1. The van der Waals surface area contributed by atoms with Crippen LogP contribution in [0.5, 0.6) is 0 Å². The zero-order valence-corrected chi connectivity index (χ0v) is 18.7. The van der Waals surface area contributed by atoms with Gasteiger partial charge in [-0.15, -0.1) is 24.0 Å². The van der Waals surface area contributed by atoms with Crippen LogP contribution < -0.4 is 5.32 Å². The predicted octanol–water partition coefficient (Wildman–Crippen LogP) is 2.84. The number of ether oxygens (including phenoxy) is 1. The molecule has 0 radical (unpaired) electrons. The number of aliphatic imine (C=N–C) groups is 1. The summed E-state index contributed by atoms with van der Waals surface area (Å²) in [6, 6.07) is 10.2. The normalized spacial score (nSPS) is 17.0. The van der Waals surface area contributed by atoms with E-state index in [9.17, 15) is 4.79 Å². The standard InChI is InChI=1S/C20H27N5O2.HI/c1-3-27-19(26)17-6-4-12-24(15-17)20(21-2)22-14-16-7-9-18(10-8-16)25-13-5-11-23-25;/h5,7-11,13,17H,3-4,6,12,14-15H2,1-2H3,(H,21,22);1H. The molecule has 2 heterocycles. The Labute approximate surface area is 183 Å². The molecule has 1 aromatic carbocycles. The van der Waals surface area contributed by atoms with E-state index in [2.05, 4.69) is 32.4 Å². The molecule has 1 saturated heterocycles. The van der Waals surface area contributed by atoms with Crippen LogP contribution in [0.4, 0.5) is 0 Å². The number of carbonyl (C=O) groups is 1. The highest BCUT2D eigenvalue weighted by atomic mass is 127. The lowest BCUT2D eigenvalue weighted by Gasteiger charge is -2.34. The van der Waals surface area contributed by atoms with Crippen LogP contribution in [-0.2, 0) is 16.1 Å². The molecule has 1 aromatic heterocycles. The molecule has 1 atom stereocenters. The Morgan fingerprint density at radius 1 is 1.36 bits per heavy atom. The maximum absolute atomic E-state index is 12.0. The summed E-state index contributed by atoms with van der Waals surface area (Å²) in [5.74, 6) is 0.637. The van der Waals surface area contributed by atoms with Gasteiger partial charge in [0.05, 0.1) is 18.2 Å². The summed E-state index contributed by atoms with van der Waals surface area (Å²) in [4.78, 5) is 18.6. The topological polar surface area (TPSA) is 71.8 Å². The van der Waals surface area contributed by atoms with Crippen LogP contribution in [0, 0.1) is 5.92 Å². The Morgan fingerprint density at radius 2 is 2.14 bits per heavy atom. The fourth-order valence-electron chi connectivity index (χ4n) is 3.32. The van der Waals surface area contributed by atoms with Crippen LogP contribution in [0.25, 0.3) is 5.69 Å². The third-order valence-corrected chi connectivity index (χ3v) is 4.71. The first-order valence-corrected chi connectivity index (χ1v) is 9.42. The second-order valence-corrected chi connectivity index (χ2v) is 6.56. The molecule has 0 saturated carbocycles. The van der Waals surface area contributed by atoms with E-state index in [0.29, 0.717) is 19.7 Å². The number of piperidine rings is 1. The lowest BCUT2D eigenvalue weighted by molar-refractivity contribution is -0.149. The summed E-state index contributed by atoms with van der Waals surface area (Å²) in [5, 5.41) is 7.64. The summed E-state index contributed by atoms with van der Waals surface area (Å²) in [6.07, 6.45) is 5.52. The molecule has 8 heteroatoms. The number of hydrogen-bond acceptors (Lipinski definition) is 4. The summed E-state index contributed by atoms with van der Waals surface area (Å²) in [5.41, 5.74) is 2.19. The Hall–Kier alpha value is -2.10. The van der Waals surface area contributed by atoms with Gasteiger partial charge in [0.15, 0.2) is 5.96 Å². The van der Waals surface area contributed by atoms with Crippen molar-refractivity contribution in [3.63, 3.8) is 0 Å². The largest absolute Gasteiger partial charge is 0.466 e. The average Bonchev–Trinajstić information content (AvgIpc) is 3.24. The summed E-state index contributed by atoms with van der Waals surface area (Å²) < 4.78 is 7.01. The van der Waals surface area contributed by atoms with E-state index in [1.54, 1.807) is 13.2 Å². The van der Waals surface area contributed by atoms with Gasteiger partial charge in [-0.25, -0.2) is 4.68 Å². The monoisotopic (exact) mass is 497 g/mol. The van der Waals surface area contributed by atoms with Gasteiger partial charge in [-0.2, -0.15) is 5.10 Å². The summed E-state index contributed by atoms with van der Waals surface area (Å²) >= 11 is 0. The molecule has 1 N–H and O–H groups in total. The van der Waals surface area contributed by atoms with E-state index >= 15 is 0 Å². The Kier molecular flexibility index (Phi) is 8.75. The maximum Gasteiger partial charge on any atom is 0.310 e. The number of benzene rings is 1. The fourth-order valence-corrected chi connectivity index (χ4v) is 3.32. The highest BCUT2D eigenvalue weighted by Crippen LogP contribution is 2.18. The number of esters is 1. The molecule has 0 bridgehead atoms. The minimum absolute atomic E-state index is 0. The van der Waals surface area contributed by atoms with E-state index in [1.165, 1.54) is 0 Å². The number of aromatic nitrogens is 2. The minimum Gasteiger partial charge on any atom is -0.466 e. The second-order valence-electron chi connectivity index (χ2n) is 6.56. The van der Waals surface area contributed by atoms with Crippen molar-refractivity contribution in [1.29, 1.82) is 0 Å². The van der Waals surface area contributed by atoms with Crippen molar-refractivity contribution in [2.75, 3.05) is 26.7 Å². The molecule has 3 rings (SSSR count). The first kappa shape index (κ1) is 22.2. The van der Waals surface area contributed by atoms with Gasteiger partial charge >= 0.3 is 5.97 Å². The van der Waals surface area contributed by atoms with Crippen LogP contribution in [-0.4, -0.2) is 53.4 Å². The SMILES string of the molecule is CCOC(=O)C1CCCN(C(=NC)NCc2ccc(-n3cccn3)cc2)C1.I. The van der Waals surface area contributed by atoms with E-state index < -0.39 is 0 Å². The molecule has 0 spiro atoms. The van der Waals surface area contributed by atoms with Crippen molar-refractivity contribution in [2.45, 2.75) is 26.3 Å². The molecule has 0 amide bonds. The van der Waals surface area contributed by atoms with Crippen LogP contribution >= 0.6 is 24.0 Å². The Balaban J connectivity index is 0.00000280. The van der Waals surface area contributed by atoms with E-state index in [-0.39, 0.29) is 35.9 Å². The van der Waals surface area contributed by atoms with Gasteiger partial charge in [0.25, 0.3) is 0 Å². The number of guanidine groups is 1. The van der Waals surface area contributed by atoms with Crippen molar-refractivity contribution in [1.82, 2.24) is 20.0 Å². The fraction of sp³-hybridized carbons (Fsp3) is 0.450. The highest BCUT2D eigenvalue weighted by Gasteiger charge is 2.28. The smallest absolute Gasteiger partial charge is 0.310 e. The molecular formula is C20H28IN5O2. The van der Waals surface area contributed by atoms with Crippen LogP contribution in [0.1, 0.15) is 25.3 Å². The molecule has 28 heavy (non-hydrogen) atoms. The second kappa shape index (κ2) is 11.0. The van der Waals surface area contributed by atoms with Gasteiger partial charge in [0, 0.05) is 39.1 Å². The molecule has 1 aliphatic rings. The lowest BCUT2D eigenvalue weighted by atomic mass is 9.98. The molecular weight excluding hydrogens is 469 g/mol. The Bertz CT molecular complexity index is 761. The van der Waals surface area contributed by atoms with Crippen molar-refractivity contribution < 1.29 is 9.53 Å². The highest BCUT2D eigenvalue weighted by molar-refractivity contribution is 14.0. The Morgan fingerprint density at radius 3 is 2.79 bits per heavy atom. The first-order valence-electron chi connectivity index (χ1n) is 9.42. The number of likely N-dealkylation sites (tertiary alicyclic amines) is 1. The number of nitrogens with one attached hydrogen (secondary N) is 1. The van der Waals surface area contributed by atoms with Gasteiger partial charge < -0.3 is 15.0 Å². The molecule has 7 nitrogen and oxygen atoms in total. The summed E-state index contributed by atoms with van der Waals surface area (Å²) in [6.45, 7) is 4.49. The van der Waals surface area contributed by atoms with Gasteiger partial charge in [-0.05, 0) is 43.5 Å². The maximum atomic E-state index is 12.0. The van der Waals surface area contributed by atoms with Crippen molar-refractivity contribution in [3.8, 4) is 5.69 Å². The number of carbonyl (C=O) groups excluding carboxylic acids is 1. The average molecular weight is 497 g/mol. The molecule has 1 aliphatic heterocycles. The molecule has 2 aromatic rings. The predicted molar refractivity (Wildman–Crippen MR) is 120 cm³/mol. The van der Waals surface area contributed by atoms with Gasteiger partial charge in [0.2, 0.25) is 0 Å². The van der Waals surface area contributed by atoms with Crippen LogP contribution in [0.15, 0.2) is 47.7 Å². The van der Waals surface area contributed by atoms with Crippen LogP contribution in [0.3, 0.4) is 0 Å². The molecule has 1 unspecified atom stereocenters. The number of halogens is 1. The third kappa shape index (κ3) is 5.70. The quantitative estimate of drug-likeness (QED) is 0.298. The number of nitrogens with zero attached hydrogens (tertiary/aromatic N) is 4. The van der Waals surface area contributed by atoms with Gasteiger partial charge in [-0.1, -0.05) is 12.1 Å². The van der Waals surface area contributed by atoms with Gasteiger partial charge in [0.1, 0.15) is 0 Å². The molecule has 152 valence electrons. The zero-order valence-electron chi connectivity index (χ0n) is 16.4. The van der Waals surface area contributed by atoms with E-state index in [0.717, 1.165) is 36.6 Å². The number of rotatable bonds is 5. The molecule has 0 aliphatic carbocycles. The van der Waals surface area contributed by atoms with Crippen LogP contribution in [0.2, 0.25) is 0 Å². The van der Waals surface area contributed by atoms with E-state index in [4.69, 9.17) is 4.74 Å². The third-order valence-electron chi connectivity index (χ3n) is 4.71. The molecule has 1 fully saturated rings. The number of hydrogen-bond donors (Lipinski definition) is 1. The van der Waals surface area contributed by atoms with Crippen molar-refractivity contribution >= 4 is 35.9 Å². The lowest BCUT2D eigenvalue weighted by Crippen LogP contribution is -2.48. The minimum atomic E-state index is -0.105. The van der Waals surface area contributed by atoms with Crippen molar-refractivity contribution in [2.24, 2.45) is 10.9 Å². The summed E-state index contributed by atoms with van der Waals surface area (Å²) in [7, 11) is 1.77. The van der Waals surface area contributed by atoms with Crippen molar-refractivity contribution in [3.05, 3.63) is 48.3 Å².